The molecule has 5 nitrogen and oxygen atoms in total. The van der Waals surface area contributed by atoms with Gasteiger partial charge < -0.3 is 16.0 Å². The van der Waals surface area contributed by atoms with Crippen LogP contribution in [0.2, 0.25) is 0 Å². The van der Waals surface area contributed by atoms with Gasteiger partial charge in [-0.15, -0.1) is 0 Å². The first-order valence-corrected chi connectivity index (χ1v) is 7.03. The van der Waals surface area contributed by atoms with Gasteiger partial charge in [-0.25, -0.2) is 4.79 Å². The molecule has 2 fully saturated rings. The molecule has 6 heteroatoms. The number of hydrogen-bond donors (Lipinski definition) is 3. The highest BCUT2D eigenvalue weighted by Crippen LogP contribution is 2.41. The lowest BCUT2D eigenvalue weighted by atomic mass is 10.1. The molecule has 1 aliphatic carbocycles. The number of rotatable bonds is 3. The zero-order valence-electron chi connectivity index (χ0n) is 10.2. The van der Waals surface area contributed by atoms with Gasteiger partial charge in [-0.2, -0.15) is 0 Å². The molecule has 3 amide bonds. The summed E-state index contributed by atoms with van der Waals surface area (Å²) < 4.78 is 1.05. The third-order valence-corrected chi connectivity index (χ3v) is 3.98. The second-order valence-corrected chi connectivity index (χ2v) is 5.83. The van der Waals surface area contributed by atoms with E-state index in [-0.39, 0.29) is 18.0 Å². The molecular weight excluding hydrogens is 310 g/mol. The van der Waals surface area contributed by atoms with Crippen LogP contribution in [0.3, 0.4) is 0 Å². The van der Waals surface area contributed by atoms with E-state index < -0.39 is 6.04 Å². The highest BCUT2D eigenvalue weighted by Gasteiger charge is 2.41. The zero-order chi connectivity index (χ0) is 13.4. The maximum Gasteiger partial charge on any atom is 0.315 e. The summed E-state index contributed by atoms with van der Waals surface area (Å²) in [6, 6.07) is 7.59. The van der Waals surface area contributed by atoms with Crippen LogP contribution in [0, 0.1) is 0 Å². The van der Waals surface area contributed by atoms with Crippen molar-refractivity contribution in [2.75, 3.05) is 6.54 Å². The van der Waals surface area contributed by atoms with Crippen LogP contribution >= 0.6 is 15.9 Å². The van der Waals surface area contributed by atoms with Crippen LogP contribution < -0.4 is 16.0 Å². The van der Waals surface area contributed by atoms with Crippen LogP contribution in [-0.4, -0.2) is 30.6 Å². The highest BCUT2D eigenvalue weighted by atomic mass is 79.9. The zero-order valence-corrected chi connectivity index (χ0v) is 11.7. The van der Waals surface area contributed by atoms with Crippen molar-refractivity contribution in [3.63, 3.8) is 0 Å². The number of halogens is 1. The van der Waals surface area contributed by atoms with E-state index >= 15 is 0 Å². The molecule has 0 bridgehead atoms. The van der Waals surface area contributed by atoms with Crippen LogP contribution in [0.15, 0.2) is 28.7 Å². The average molecular weight is 324 g/mol. The van der Waals surface area contributed by atoms with Crippen LogP contribution in [0.4, 0.5) is 4.79 Å². The lowest BCUT2D eigenvalue weighted by molar-refractivity contribution is -0.122. The molecule has 3 atom stereocenters. The van der Waals surface area contributed by atoms with Gasteiger partial charge in [-0.3, -0.25) is 4.79 Å². The maximum atomic E-state index is 11.9. The Kier molecular flexibility index (Phi) is 3.18. The first kappa shape index (κ1) is 12.5. The Bertz CT molecular complexity index is 534. The van der Waals surface area contributed by atoms with Gasteiger partial charge in [0.15, 0.2) is 0 Å². The smallest absolute Gasteiger partial charge is 0.315 e. The summed E-state index contributed by atoms with van der Waals surface area (Å²) >= 11 is 3.45. The van der Waals surface area contributed by atoms with Crippen molar-refractivity contribution in [1.29, 1.82) is 0 Å². The molecular formula is C13H14BrN3O2. The van der Waals surface area contributed by atoms with Crippen molar-refractivity contribution in [2.45, 2.75) is 24.4 Å². The van der Waals surface area contributed by atoms with Gasteiger partial charge in [0.1, 0.15) is 6.04 Å². The molecule has 0 spiro atoms. The van der Waals surface area contributed by atoms with Gasteiger partial charge in [0, 0.05) is 23.0 Å². The number of amides is 3. The summed E-state index contributed by atoms with van der Waals surface area (Å²) in [4.78, 5) is 22.9. The van der Waals surface area contributed by atoms with Crippen molar-refractivity contribution in [3.8, 4) is 0 Å². The van der Waals surface area contributed by atoms with E-state index in [1.165, 1.54) is 5.56 Å². The minimum atomic E-state index is -0.448. The molecule has 0 unspecified atom stereocenters. The lowest BCUT2D eigenvalue weighted by Gasteiger charge is -2.09. The van der Waals surface area contributed by atoms with Gasteiger partial charge in [0.05, 0.1) is 0 Å². The second kappa shape index (κ2) is 4.85. The molecule has 3 rings (SSSR count). The van der Waals surface area contributed by atoms with Crippen LogP contribution in [-0.2, 0) is 4.79 Å². The molecule has 1 aromatic carbocycles. The first-order valence-electron chi connectivity index (χ1n) is 6.23. The van der Waals surface area contributed by atoms with Gasteiger partial charge in [0.25, 0.3) is 0 Å². The van der Waals surface area contributed by atoms with Crippen molar-refractivity contribution in [3.05, 3.63) is 34.3 Å². The summed E-state index contributed by atoms with van der Waals surface area (Å²) in [5, 5.41) is 8.13. The third kappa shape index (κ3) is 2.73. The van der Waals surface area contributed by atoms with Gasteiger partial charge in [-0.1, -0.05) is 28.1 Å². The minimum Gasteiger partial charge on any atom is -0.351 e. The molecule has 2 aliphatic rings. The summed E-state index contributed by atoms with van der Waals surface area (Å²) in [5.41, 5.74) is 1.23. The van der Waals surface area contributed by atoms with Crippen molar-refractivity contribution in [2.24, 2.45) is 0 Å². The van der Waals surface area contributed by atoms with Gasteiger partial charge in [-0.05, 0) is 24.1 Å². The predicted octanol–water partition coefficient (Wildman–Crippen LogP) is 1.10. The van der Waals surface area contributed by atoms with E-state index in [9.17, 15) is 9.59 Å². The van der Waals surface area contributed by atoms with E-state index in [0.29, 0.717) is 12.5 Å². The summed E-state index contributed by atoms with van der Waals surface area (Å²) in [5.74, 6) is 0.271. The highest BCUT2D eigenvalue weighted by molar-refractivity contribution is 9.10. The Morgan fingerprint density at radius 2 is 2.26 bits per heavy atom. The Morgan fingerprint density at radius 3 is 2.95 bits per heavy atom. The standard InChI is InChI=1S/C13H14BrN3O2/c14-8-3-1-2-7(4-8)9-5-10(9)16-12(18)11-6-15-13(19)17-11/h1-4,9-11H,5-6H2,(H,16,18)(H2,15,17,19)/t9-,10+,11-/m1/s1. The van der Waals surface area contributed by atoms with E-state index in [1.54, 1.807) is 0 Å². The van der Waals surface area contributed by atoms with E-state index in [4.69, 9.17) is 0 Å². The molecule has 1 aromatic rings. The average Bonchev–Trinajstić information content (AvgIpc) is 3.00. The summed E-state index contributed by atoms with van der Waals surface area (Å²) in [6.45, 7) is 0.360. The molecule has 19 heavy (non-hydrogen) atoms. The lowest BCUT2D eigenvalue weighted by Crippen LogP contribution is -2.44. The second-order valence-electron chi connectivity index (χ2n) is 4.92. The van der Waals surface area contributed by atoms with Crippen molar-refractivity contribution < 1.29 is 9.59 Å². The topological polar surface area (TPSA) is 70.2 Å². The van der Waals surface area contributed by atoms with Crippen molar-refractivity contribution >= 4 is 27.9 Å². The van der Waals surface area contributed by atoms with Crippen molar-refractivity contribution in [1.82, 2.24) is 16.0 Å². The van der Waals surface area contributed by atoms with E-state index in [0.717, 1.165) is 10.9 Å². The number of nitrogens with one attached hydrogen (secondary N) is 3. The van der Waals surface area contributed by atoms with Gasteiger partial charge >= 0.3 is 6.03 Å². The predicted molar refractivity (Wildman–Crippen MR) is 73.8 cm³/mol. The number of carbonyl (C=O) groups is 2. The molecule has 0 aromatic heterocycles. The SMILES string of the molecule is O=C1NC[C@H](C(=O)N[C@H]2C[C@@H]2c2cccc(Br)c2)N1. The van der Waals surface area contributed by atoms with Crippen LogP contribution in [0.1, 0.15) is 17.9 Å². The third-order valence-electron chi connectivity index (χ3n) is 3.48. The summed E-state index contributed by atoms with van der Waals surface area (Å²) in [7, 11) is 0. The molecule has 3 N–H and O–H groups in total. The van der Waals surface area contributed by atoms with E-state index in [1.807, 2.05) is 12.1 Å². The number of carbonyl (C=O) groups excluding carboxylic acids is 2. The number of benzene rings is 1. The van der Waals surface area contributed by atoms with Crippen LogP contribution in [0.5, 0.6) is 0 Å². The molecule has 1 aliphatic heterocycles. The molecule has 1 heterocycles. The maximum absolute atomic E-state index is 11.9. The van der Waals surface area contributed by atoms with E-state index in [2.05, 4.69) is 44.0 Å². The number of hydrogen-bond acceptors (Lipinski definition) is 2. The Balaban J connectivity index is 1.56. The first-order chi connectivity index (χ1) is 9.13. The fraction of sp³-hybridized carbons (Fsp3) is 0.385. The summed E-state index contributed by atoms with van der Waals surface area (Å²) in [6.07, 6.45) is 0.955. The molecule has 1 saturated carbocycles. The minimum absolute atomic E-state index is 0.110. The fourth-order valence-corrected chi connectivity index (χ4v) is 2.77. The monoisotopic (exact) mass is 323 g/mol. The number of urea groups is 1. The van der Waals surface area contributed by atoms with Gasteiger partial charge in [0.2, 0.25) is 5.91 Å². The molecule has 0 radical (unpaired) electrons. The molecule has 100 valence electrons. The Labute approximate surface area is 119 Å². The quantitative estimate of drug-likeness (QED) is 0.779. The Morgan fingerprint density at radius 1 is 1.42 bits per heavy atom. The normalized spacial score (nSPS) is 28.5. The molecule has 1 saturated heterocycles. The fourth-order valence-electron chi connectivity index (χ4n) is 2.36. The Hall–Kier alpha value is -1.56. The largest absolute Gasteiger partial charge is 0.351 e. The van der Waals surface area contributed by atoms with Crippen LogP contribution in [0.25, 0.3) is 0 Å².